The van der Waals surface area contributed by atoms with Crippen LogP contribution >= 0.6 is 11.3 Å². The van der Waals surface area contributed by atoms with Crippen LogP contribution in [0, 0.1) is 5.92 Å². The Morgan fingerprint density at radius 3 is 2.36 bits per heavy atom. The lowest BCUT2D eigenvalue weighted by Gasteiger charge is -2.30. The van der Waals surface area contributed by atoms with E-state index in [4.69, 9.17) is 0 Å². The predicted molar refractivity (Wildman–Crippen MR) is 130 cm³/mol. The number of aromatic nitrogens is 1. The summed E-state index contributed by atoms with van der Waals surface area (Å²) in [5.74, 6) is -0.507. The van der Waals surface area contributed by atoms with Crippen LogP contribution in [0.15, 0.2) is 72.3 Å². The summed E-state index contributed by atoms with van der Waals surface area (Å²) < 4.78 is 0. The third kappa shape index (κ3) is 6.14. The number of piperidine rings is 1. The van der Waals surface area contributed by atoms with Crippen molar-refractivity contribution in [1.82, 2.24) is 9.88 Å². The number of hydrogen-bond donors (Lipinski definition) is 2. The van der Waals surface area contributed by atoms with Gasteiger partial charge in [0.2, 0.25) is 11.8 Å². The number of anilines is 2. The third-order valence-electron chi connectivity index (χ3n) is 5.46. The molecule has 1 saturated heterocycles. The van der Waals surface area contributed by atoms with Crippen molar-refractivity contribution >= 4 is 46.0 Å². The molecule has 1 aliphatic rings. The maximum absolute atomic E-state index is 12.7. The van der Waals surface area contributed by atoms with Crippen LogP contribution in [0.25, 0.3) is 6.08 Å². The molecule has 4 rings (SSSR count). The van der Waals surface area contributed by atoms with E-state index in [0.29, 0.717) is 42.3 Å². The van der Waals surface area contributed by atoms with Crippen molar-refractivity contribution in [3.05, 3.63) is 83.4 Å². The van der Waals surface area contributed by atoms with E-state index < -0.39 is 0 Å². The molecule has 2 heterocycles. The minimum Gasteiger partial charge on any atom is -0.339 e. The molecule has 33 heavy (non-hydrogen) atoms. The Hall–Kier alpha value is -3.78. The number of nitrogens with one attached hydrogen (secondary N) is 2. The fraction of sp³-hybridized carbons (Fsp3) is 0.200. The van der Waals surface area contributed by atoms with Crippen LogP contribution in [0.1, 0.15) is 28.8 Å². The number of rotatable bonds is 6. The number of hydrogen-bond acceptors (Lipinski definition) is 5. The molecule has 7 nitrogen and oxygen atoms in total. The quantitative estimate of drug-likeness (QED) is 0.537. The van der Waals surface area contributed by atoms with Crippen LogP contribution in [0.4, 0.5) is 10.8 Å². The first-order chi connectivity index (χ1) is 16.1. The topological polar surface area (TPSA) is 91.4 Å². The summed E-state index contributed by atoms with van der Waals surface area (Å²) in [5.41, 5.74) is 2.10. The molecule has 0 bridgehead atoms. The van der Waals surface area contributed by atoms with E-state index in [2.05, 4.69) is 15.6 Å². The first kappa shape index (κ1) is 22.4. The van der Waals surface area contributed by atoms with Crippen LogP contribution in [-0.4, -0.2) is 40.7 Å². The molecular formula is C25H24N4O3S. The van der Waals surface area contributed by atoms with Gasteiger partial charge >= 0.3 is 0 Å². The molecule has 0 unspecified atom stereocenters. The number of benzene rings is 2. The van der Waals surface area contributed by atoms with Gasteiger partial charge in [-0.3, -0.25) is 19.7 Å². The summed E-state index contributed by atoms with van der Waals surface area (Å²) in [6, 6.07) is 16.4. The van der Waals surface area contributed by atoms with Crippen LogP contribution in [-0.2, 0) is 9.59 Å². The molecule has 168 valence electrons. The smallest absolute Gasteiger partial charge is 0.257 e. The molecule has 0 saturated carbocycles. The molecule has 0 aliphatic carbocycles. The molecular weight excluding hydrogens is 436 g/mol. The van der Waals surface area contributed by atoms with Crippen LogP contribution in [0.2, 0.25) is 0 Å². The van der Waals surface area contributed by atoms with Gasteiger partial charge < -0.3 is 10.2 Å². The highest BCUT2D eigenvalue weighted by Gasteiger charge is 2.26. The Labute approximate surface area is 196 Å². The zero-order valence-electron chi connectivity index (χ0n) is 17.9. The SMILES string of the molecule is O=C(Nc1nccs1)c1ccc(NC(=O)C2CCN(C(=O)C=Cc3ccccc3)CC2)cc1. The Balaban J connectivity index is 1.24. The van der Waals surface area contributed by atoms with Crippen molar-refractivity contribution in [2.24, 2.45) is 5.92 Å². The Morgan fingerprint density at radius 2 is 1.70 bits per heavy atom. The monoisotopic (exact) mass is 460 g/mol. The molecule has 0 spiro atoms. The summed E-state index contributed by atoms with van der Waals surface area (Å²) >= 11 is 1.35. The molecule has 3 amide bonds. The van der Waals surface area contributed by atoms with E-state index in [1.165, 1.54) is 11.3 Å². The molecule has 1 aliphatic heterocycles. The number of thiazole rings is 1. The van der Waals surface area contributed by atoms with Crippen molar-refractivity contribution in [2.75, 3.05) is 23.7 Å². The molecule has 1 aromatic heterocycles. The largest absolute Gasteiger partial charge is 0.339 e. The van der Waals surface area contributed by atoms with Crippen LogP contribution in [0.3, 0.4) is 0 Å². The van der Waals surface area contributed by atoms with Crippen molar-refractivity contribution in [1.29, 1.82) is 0 Å². The minimum atomic E-state index is -0.249. The molecule has 1 fully saturated rings. The standard InChI is InChI=1S/C25H24N4O3S/c30-22(11-6-18-4-2-1-3-5-18)29-15-12-20(13-16-29)23(31)27-21-9-7-19(8-10-21)24(32)28-25-26-14-17-33-25/h1-11,14,17,20H,12-13,15-16H2,(H,27,31)(H,26,28,32). The molecule has 0 radical (unpaired) electrons. The van der Waals surface area contributed by atoms with E-state index >= 15 is 0 Å². The molecule has 2 aromatic carbocycles. The van der Waals surface area contributed by atoms with E-state index in [-0.39, 0.29) is 23.6 Å². The maximum atomic E-state index is 12.7. The molecule has 8 heteroatoms. The fourth-order valence-corrected chi connectivity index (χ4v) is 4.13. The normalized spacial score (nSPS) is 14.2. The minimum absolute atomic E-state index is 0.0377. The summed E-state index contributed by atoms with van der Waals surface area (Å²) in [5, 5.41) is 7.97. The highest BCUT2D eigenvalue weighted by Crippen LogP contribution is 2.21. The van der Waals surface area contributed by atoms with Gasteiger partial charge in [-0.2, -0.15) is 0 Å². The highest BCUT2D eigenvalue weighted by molar-refractivity contribution is 7.13. The van der Waals surface area contributed by atoms with Gasteiger partial charge in [0, 0.05) is 47.9 Å². The van der Waals surface area contributed by atoms with Gasteiger partial charge in [0.25, 0.3) is 5.91 Å². The van der Waals surface area contributed by atoms with E-state index in [1.807, 2.05) is 36.4 Å². The Kier molecular flexibility index (Phi) is 7.26. The highest BCUT2D eigenvalue weighted by atomic mass is 32.1. The zero-order chi connectivity index (χ0) is 23.0. The average Bonchev–Trinajstić information content (AvgIpc) is 3.37. The van der Waals surface area contributed by atoms with Gasteiger partial charge in [0.05, 0.1) is 0 Å². The van der Waals surface area contributed by atoms with Gasteiger partial charge in [-0.1, -0.05) is 30.3 Å². The first-order valence-corrected chi connectivity index (χ1v) is 11.6. The summed E-state index contributed by atoms with van der Waals surface area (Å²) in [6.07, 6.45) is 6.25. The lowest BCUT2D eigenvalue weighted by atomic mass is 9.95. The van der Waals surface area contributed by atoms with Crippen molar-refractivity contribution in [2.45, 2.75) is 12.8 Å². The molecule has 3 aromatic rings. The number of nitrogens with zero attached hydrogens (tertiary/aromatic N) is 2. The summed E-state index contributed by atoms with van der Waals surface area (Å²) in [7, 11) is 0. The van der Waals surface area contributed by atoms with Gasteiger partial charge in [-0.25, -0.2) is 4.98 Å². The van der Waals surface area contributed by atoms with E-state index in [0.717, 1.165) is 5.56 Å². The number of amides is 3. The zero-order valence-corrected chi connectivity index (χ0v) is 18.8. The second kappa shape index (κ2) is 10.7. The number of carbonyl (C=O) groups is 3. The lowest BCUT2D eigenvalue weighted by Crippen LogP contribution is -2.40. The lowest BCUT2D eigenvalue weighted by molar-refractivity contribution is -0.130. The number of likely N-dealkylation sites (tertiary alicyclic amines) is 1. The number of carbonyl (C=O) groups excluding carboxylic acids is 3. The second-order valence-corrected chi connectivity index (χ2v) is 8.60. The van der Waals surface area contributed by atoms with Crippen molar-refractivity contribution < 1.29 is 14.4 Å². The predicted octanol–water partition coefficient (Wildman–Crippen LogP) is 4.29. The Bertz CT molecular complexity index is 1120. The third-order valence-corrected chi connectivity index (χ3v) is 6.15. The van der Waals surface area contributed by atoms with Crippen molar-refractivity contribution in [3.63, 3.8) is 0 Å². The second-order valence-electron chi connectivity index (χ2n) is 7.70. The summed E-state index contributed by atoms with van der Waals surface area (Å²) in [6.45, 7) is 1.10. The van der Waals surface area contributed by atoms with Crippen LogP contribution in [0.5, 0.6) is 0 Å². The Morgan fingerprint density at radius 1 is 0.970 bits per heavy atom. The maximum Gasteiger partial charge on any atom is 0.257 e. The fourth-order valence-electron chi connectivity index (χ4n) is 3.60. The molecule has 0 atom stereocenters. The first-order valence-electron chi connectivity index (χ1n) is 10.7. The van der Waals surface area contributed by atoms with Crippen molar-refractivity contribution in [3.8, 4) is 0 Å². The van der Waals surface area contributed by atoms with Gasteiger partial charge in [-0.05, 0) is 48.7 Å². The molecule has 2 N–H and O–H groups in total. The van der Waals surface area contributed by atoms with Gasteiger partial charge in [0.15, 0.2) is 5.13 Å². The van der Waals surface area contributed by atoms with E-state index in [9.17, 15) is 14.4 Å². The van der Waals surface area contributed by atoms with Gasteiger partial charge in [0.1, 0.15) is 0 Å². The van der Waals surface area contributed by atoms with Gasteiger partial charge in [-0.15, -0.1) is 11.3 Å². The average molecular weight is 461 g/mol. The van der Waals surface area contributed by atoms with Crippen LogP contribution < -0.4 is 10.6 Å². The summed E-state index contributed by atoms with van der Waals surface area (Å²) in [4.78, 5) is 43.1. The van der Waals surface area contributed by atoms with E-state index in [1.54, 1.807) is 46.8 Å².